The van der Waals surface area contributed by atoms with Crippen molar-refractivity contribution in [3.05, 3.63) is 71.2 Å². The minimum Gasteiger partial charge on any atom is -0.382 e. The number of hydrogen-bond acceptors (Lipinski definition) is 3. The van der Waals surface area contributed by atoms with E-state index >= 15 is 0 Å². The Labute approximate surface area is 183 Å². The smallest absolute Gasteiger partial charge is 0.382 e. The number of carbonyl (C=O) groups excluding carboxylic acids is 1. The summed E-state index contributed by atoms with van der Waals surface area (Å²) >= 11 is 0. The summed E-state index contributed by atoms with van der Waals surface area (Å²) in [7, 11) is 0. The predicted octanol–water partition coefficient (Wildman–Crippen LogP) is 5.85. The number of pyridine rings is 1. The molecule has 2 atom stereocenters. The topological polar surface area (TPSA) is 54.0 Å². The first-order chi connectivity index (χ1) is 15.2. The van der Waals surface area contributed by atoms with Crippen LogP contribution >= 0.6 is 0 Å². The van der Waals surface area contributed by atoms with Crippen LogP contribution in [-0.4, -0.2) is 23.0 Å². The van der Waals surface area contributed by atoms with E-state index in [2.05, 4.69) is 15.6 Å². The molecule has 168 valence electrons. The van der Waals surface area contributed by atoms with Gasteiger partial charge in [-0.05, 0) is 68.5 Å². The first kappa shape index (κ1) is 22.0. The molecule has 4 rings (SSSR count). The molecule has 1 aromatic heterocycles. The number of fused-ring (bicyclic) bond motifs is 1. The van der Waals surface area contributed by atoms with Gasteiger partial charge in [-0.25, -0.2) is 9.37 Å². The Morgan fingerprint density at radius 1 is 1.06 bits per heavy atom. The molecule has 1 amide bonds. The molecular weight excluding hydrogens is 422 g/mol. The Morgan fingerprint density at radius 3 is 2.56 bits per heavy atom. The number of nitrogens with zero attached hydrogens (tertiary/aromatic N) is 1. The van der Waals surface area contributed by atoms with Gasteiger partial charge in [0.15, 0.2) is 0 Å². The lowest BCUT2D eigenvalue weighted by Gasteiger charge is -2.31. The molecule has 3 aromatic rings. The highest BCUT2D eigenvalue weighted by atomic mass is 19.4. The van der Waals surface area contributed by atoms with E-state index in [1.807, 2.05) is 19.1 Å². The number of rotatable bonds is 4. The molecule has 1 aliphatic rings. The summed E-state index contributed by atoms with van der Waals surface area (Å²) < 4.78 is 53.8. The lowest BCUT2D eigenvalue weighted by molar-refractivity contribution is -0.140. The minimum atomic E-state index is -4.62. The predicted molar refractivity (Wildman–Crippen MR) is 115 cm³/mol. The van der Waals surface area contributed by atoms with Crippen molar-refractivity contribution in [1.82, 2.24) is 10.3 Å². The molecule has 4 nitrogen and oxygen atoms in total. The van der Waals surface area contributed by atoms with Gasteiger partial charge in [0.2, 0.25) is 0 Å². The molecule has 1 aliphatic carbocycles. The fourth-order valence-corrected chi connectivity index (χ4v) is 4.23. The molecule has 0 saturated heterocycles. The maximum atomic E-state index is 13.8. The minimum absolute atomic E-state index is 0.0731. The number of hydrogen-bond donors (Lipinski definition) is 2. The number of aryl methyl sites for hydroxylation is 1. The van der Waals surface area contributed by atoms with Gasteiger partial charge < -0.3 is 10.6 Å². The van der Waals surface area contributed by atoms with Gasteiger partial charge in [0.25, 0.3) is 5.91 Å². The lowest BCUT2D eigenvalue weighted by atomic mass is 9.90. The van der Waals surface area contributed by atoms with E-state index in [1.54, 1.807) is 12.1 Å². The average Bonchev–Trinajstić information content (AvgIpc) is 2.74. The summed E-state index contributed by atoms with van der Waals surface area (Å²) in [6.45, 7) is 1.87. The molecule has 0 aliphatic heterocycles. The van der Waals surface area contributed by atoms with Crippen LogP contribution < -0.4 is 10.6 Å². The summed E-state index contributed by atoms with van der Waals surface area (Å²) in [5, 5.41) is 6.50. The van der Waals surface area contributed by atoms with Crippen LogP contribution in [0.1, 0.15) is 47.3 Å². The molecule has 0 bridgehead atoms. The number of benzene rings is 2. The molecule has 1 heterocycles. The zero-order valence-corrected chi connectivity index (χ0v) is 17.5. The largest absolute Gasteiger partial charge is 0.433 e. The maximum Gasteiger partial charge on any atom is 0.433 e. The van der Waals surface area contributed by atoms with Gasteiger partial charge in [-0.15, -0.1) is 0 Å². The van der Waals surface area contributed by atoms with E-state index in [1.165, 1.54) is 12.1 Å². The standard InChI is InChI=1S/C24H23F4N3O/c1-14-5-2-3-8-18(14)23(32)30-17-7-4-6-16(12-17)29-21-13-22(24(26,27)28)31-20-10-9-15(25)11-19(20)21/h2-3,5,8-11,13,16-17H,4,6-7,12H2,1H3,(H,29,31)(H,30,32)/t16-,17+/m0/s1. The zero-order valence-electron chi connectivity index (χ0n) is 17.5. The van der Waals surface area contributed by atoms with Crippen molar-refractivity contribution in [2.24, 2.45) is 0 Å². The molecule has 8 heteroatoms. The van der Waals surface area contributed by atoms with Gasteiger partial charge in [0.1, 0.15) is 11.5 Å². The second-order valence-electron chi connectivity index (χ2n) is 8.21. The number of aromatic nitrogens is 1. The Bertz CT molecular complexity index is 1150. The zero-order chi connectivity index (χ0) is 22.9. The van der Waals surface area contributed by atoms with E-state index in [9.17, 15) is 22.4 Å². The SMILES string of the molecule is Cc1ccccc1C(=O)N[C@@H]1CCC[C@H](Nc2cc(C(F)(F)F)nc3ccc(F)cc23)C1. The van der Waals surface area contributed by atoms with Gasteiger partial charge in [0, 0.05) is 28.7 Å². The van der Waals surface area contributed by atoms with E-state index in [-0.39, 0.29) is 29.2 Å². The van der Waals surface area contributed by atoms with Gasteiger partial charge in [-0.1, -0.05) is 18.2 Å². The second-order valence-corrected chi connectivity index (χ2v) is 8.21. The highest BCUT2D eigenvalue weighted by molar-refractivity contribution is 5.95. The summed E-state index contributed by atoms with van der Waals surface area (Å²) in [5.74, 6) is -0.710. The highest BCUT2D eigenvalue weighted by Gasteiger charge is 2.34. The van der Waals surface area contributed by atoms with Crippen LogP contribution in [0.5, 0.6) is 0 Å². The van der Waals surface area contributed by atoms with Gasteiger partial charge >= 0.3 is 6.18 Å². The number of anilines is 1. The van der Waals surface area contributed by atoms with Crippen LogP contribution in [0.4, 0.5) is 23.2 Å². The maximum absolute atomic E-state index is 13.8. The quantitative estimate of drug-likeness (QED) is 0.495. The van der Waals surface area contributed by atoms with Gasteiger partial charge in [-0.2, -0.15) is 13.2 Å². The summed E-state index contributed by atoms with van der Waals surface area (Å²) in [6, 6.07) is 11.5. The van der Waals surface area contributed by atoms with E-state index < -0.39 is 17.7 Å². The van der Waals surface area contributed by atoms with E-state index in [4.69, 9.17) is 0 Å². The number of nitrogens with one attached hydrogen (secondary N) is 2. The molecule has 2 N–H and O–H groups in total. The van der Waals surface area contributed by atoms with Crippen LogP contribution in [0.3, 0.4) is 0 Å². The molecule has 1 fully saturated rings. The Hall–Kier alpha value is -3.16. The fourth-order valence-electron chi connectivity index (χ4n) is 4.23. The number of alkyl halides is 3. The Kier molecular flexibility index (Phi) is 6.04. The summed E-state index contributed by atoms with van der Waals surface area (Å²) in [4.78, 5) is 16.3. The molecule has 0 unspecified atom stereocenters. The highest BCUT2D eigenvalue weighted by Crippen LogP contribution is 2.34. The van der Waals surface area contributed by atoms with Crippen molar-refractivity contribution in [3.8, 4) is 0 Å². The first-order valence-corrected chi connectivity index (χ1v) is 10.5. The Balaban J connectivity index is 1.54. The van der Waals surface area contributed by atoms with Crippen molar-refractivity contribution >= 4 is 22.5 Å². The normalized spacial score (nSPS) is 19.0. The number of amides is 1. The number of carbonyl (C=O) groups is 1. The van der Waals surface area contributed by atoms with E-state index in [0.29, 0.717) is 17.4 Å². The third-order valence-electron chi connectivity index (χ3n) is 5.82. The molecule has 0 radical (unpaired) electrons. The third-order valence-corrected chi connectivity index (χ3v) is 5.82. The third kappa shape index (κ3) is 4.84. The number of halogens is 4. The van der Waals surface area contributed by atoms with Gasteiger partial charge in [0.05, 0.1) is 5.52 Å². The van der Waals surface area contributed by atoms with Crippen molar-refractivity contribution in [1.29, 1.82) is 0 Å². The van der Waals surface area contributed by atoms with Crippen molar-refractivity contribution in [2.75, 3.05) is 5.32 Å². The first-order valence-electron chi connectivity index (χ1n) is 10.5. The van der Waals surface area contributed by atoms with Crippen molar-refractivity contribution < 1.29 is 22.4 Å². The van der Waals surface area contributed by atoms with Crippen molar-refractivity contribution in [3.63, 3.8) is 0 Å². The van der Waals surface area contributed by atoms with Crippen LogP contribution in [0.15, 0.2) is 48.5 Å². The van der Waals surface area contributed by atoms with Crippen LogP contribution in [0, 0.1) is 12.7 Å². The van der Waals surface area contributed by atoms with Gasteiger partial charge in [-0.3, -0.25) is 4.79 Å². The average molecular weight is 445 g/mol. The monoisotopic (exact) mass is 445 g/mol. The molecule has 32 heavy (non-hydrogen) atoms. The lowest BCUT2D eigenvalue weighted by Crippen LogP contribution is -2.42. The molecule has 2 aromatic carbocycles. The molecule has 1 saturated carbocycles. The molecular formula is C24H23F4N3O. The van der Waals surface area contributed by atoms with Crippen LogP contribution in [0.25, 0.3) is 10.9 Å². The Morgan fingerprint density at radius 2 is 1.81 bits per heavy atom. The summed E-state index contributed by atoms with van der Waals surface area (Å²) in [6.07, 6.45) is -1.74. The van der Waals surface area contributed by atoms with Crippen LogP contribution in [0.2, 0.25) is 0 Å². The summed E-state index contributed by atoms with van der Waals surface area (Å²) in [5.41, 5.74) is 0.717. The van der Waals surface area contributed by atoms with E-state index in [0.717, 1.165) is 37.0 Å². The fraction of sp³-hybridized carbons (Fsp3) is 0.333. The van der Waals surface area contributed by atoms with Crippen LogP contribution in [-0.2, 0) is 6.18 Å². The second kappa shape index (κ2) is 8.76. The van der Waals surface area contributed by atoms with Crippen molar-refractivity contribution in [2.45, 2.75) is 50.9 Å². The molecule has 0 spiro atoms.